The fourth-order valence-electron chi connectivity index (χ4n) is 3.90. The van der Waals surface area contributed by atoms with Crippen molar-refractivity contribution in [2.24, 2.45) is 5.92 Å². The Morgan fingerprint density at radius 1 is 1.22 bits per heavy atom. The van der Waals surface area contributed by atoms with E-state index >= 15 is 0 Å². The summed E-state index contributed by atoms with van der Waals surface area (Å²) in [4.78, 5) is 29.6. The third-order valence-corrected chi connectivity index (χ3v) is 5.86. The van der Waals surface area contributed by atoms with Gasteiger partial charge in [0.25, 0.3) is 5.91 Å². The molecule has 0 aromatic heterocycles. The fraction of sp³-hybridized carbons (Fsp3) is 0.524. The molecule has 1 fully saturated rings. The molecule has 2 aliphatic heterocycles. The van der Waals surface area contributed by atoms with E-state index in [-0.39, 0.29) is 17.3 Å². The second-order valence-electron chi connectivity index (χ2n) is 7.64. The number of nitrogens with zero attached hydrogens (tertiary/aromatic N) is 2. The molecule has 1 aromatic carbocycles. The molecular weight excluding hydrogens is 408 g/mol. The number of carbonyl (C=O) groups excluding carboxylic acids is 2. The summed E-state index contributed by atoms with van der Waals surface area (Å²) in [7, 11) is 0. The van der Waals surface area contributed by atoms with Crippen LogP contribution in [0.3, 0.4) is 0 Å². The maximum absolute atomic E-state index is 12.8. The molecule has 1 saturated heterocycles. The Labute approximate surface area is 169 Å². The van der Waals surface area contributed by atoms with E-state index in [0.29, 0.717) is 6.54 Å². The van der Waals surface area contributed by atoms with E-state index in [0.717, 1.165) is 29.7 Å². The van der Waals surface area contributed by atoms with E-state index in [9.17, 15) is 14.7 Å². The van der Waals surface area contributed by atoms with E-state index in [1.54, 1.807) is 18.7 Å². The molecule has 0 radical (unpaired) electrons. The van der Waals surface area contributed by atoms with Gasteiger partial charge in [0.05, 0.1) is 11.6 Å². The summed E-state index contributed by atoms with van der Waals surface area (Å²) < 4.78 is 0.881. The van der Waals surface area contributed by atoms with E-state index < -0.39 is 17.7 Å². The topological polar surface area (TPSA) is 60.9 Å². The molecule has 0 aliphatic carbocycles. The fourth-order valence-corrected chi connectivity index (χ4v) is 4.32. The van der Waals surface area contributed by atoms with Gasteiger partial charge >= 0.3 is 0 Å². The Morgan fingerprint density at radius 3 is 2.56 bits per heavy atom. The summed E-state index contributed by atoms with van der Waals surface area (Å²) in [6.45, 7) is 6.92. The number of piperidine rings is 1. The number of hydrogen-bond donors (Lipinski definition) is 1. The minimum atomic E-state index is -0.533. The summed E-state index contributed by atoms with van der Waals surface area (Å²) in [5.41, 5.74) is 1.07. The molecule has 6 heteroatoms. The molecule has 1 amide bonds. The molecule has 2 aliphatic rings. The molecule has 27 heavy (non-hydrogen) atoms. The largest absolute Gasteiger partial charge is 0.503 e. The van der Waals surface area contributed by atoms with Crippen LogP contribution in [0.5, 0.6) is 0 Å². The summed E-state index contributed by atoms with van der Waals surface area (Å²) in [5.74, 6) is -1.30. The molecular formula is C21H27BrN2O3. The van der Waals surface area contributed by atoms with Crippen molar-refractivity contribution in [3.63, 3.8) is 0 Å². The highest BCUT2D eigenvalue weighted by Crippen LogP contribution is 2.39. The molecule has 0 bridgehead atoms. The highest BCUT2D eigenvalue weighted by atomic mass is 79.9. The molecule has 1 aromatic rings. The molecule has 5 nitrogen and oxygen atoms in total. The van der Waals surface area contributed by atoms with Gasteiger partial charge in [-0.15, -0.1) is 0 Å². The number of aliphatic hydroxyl groups is 1. The lowest BCUT2D eigenvalue weighted by molar-refractivity contribution is -0.129. The third kappa shape index (κ3) is 4.27. The van der Waals surface area contributed by atoms with Crippen LogP contribution < -0.4 is 0 Å². The normalized spacial score (nSPS) is 21.4. The van der Waals surface area contributed by atoms with Crippen molar-refractivity contribution in [1.29, 1.82) is 0 Å². The molecule has 1 N–H and O–H groups in total. The standard InChI is InChI=1S/C21H27BrN2O3/c1-14(2)19(25)17-18(15-7-6-8-16(22)13-15)24(21(27)20(17)26)12-11-23-9-4-3-5-10-23/h6-8,13-14,18,26H,3-5,9-12H2,1-2H3. The molecule has 1 atom stereocenters. The van der Waals surface area contributed by atoms with Crippen LogP contribution >= 0.6 is 15.9 Å². The van der Waals surface area contributed by atoms with Gasteiger partial charge < -0.3 is 14.9 Å². The molecule has 3 rings (SSSR count). The quantitative estimate of drug-likeness (QED) is 0.738. The number of hydrogen-bond acceptors (Lipinski definition) is 4. The highest BCUT2D eigenvalue weighted by molar-refractivity contribution is 9.10. The first kappa shape index (κ1) is 20.1. The summed E-state index contributed by atoms with van der Waals surface area (Å²) in [5, 5.41) is 10.5. The Hall–Kier alpha value is -1.66. The number of Topliss-reactive ketones (excluding diaryl/α,β-unsaturated/α-hetero) is 1. The third-order valence-electron chi connectivity index (χ3n) is 5.36. The van der Waals surface area contributed by atoms with E-state index in [4.69, 9.17) is 0 Å². The predicted molar refractivity (Wildman–Crippen MR) is 108 cm³/mol. The van der Waals surface area contributed by atoms with Crippen LogP contribution in [0.15, 0.2) is 40.1 Å². The number of likely N-dealkylation sites (tertiary alicyclic amines) is 1. The number of ketones is 1. The minimum absolute atomic E-state index is 0.175. The van der Waals surface area contributed by atoms with Crippen LogP contribution in [0.25, 0.3) is 0 Å². The van der Waals surface area contributed by atoms with E-state index in [1.165, 1.54) is 19.3 Å². The first-order valence-electron chi connectivity index (χ1n) is 9.66. The maximum Gasteiger partial charge on any atom is 0.290 e. The van der Waals surface area contributed by atoms with Gasteiger partial charge in [-0.1, -0.05) is 48.3 Å². The monoisotopic (exact) mass is 434 g/mol. The first-order chi connectivity index (χ1) is 12.9. The second-order valence-corrected chi connectivity index (χ2v) is 8.56. The van der Waals surface area contributed by atoms with Crippen LogP contribution in [-0.4, -0.2) is 52.8 Å². The Kier molecular flexibility index (Phi) is 6.37. The average molecular weight is 435 g/mol. The highest BCUT2D eigenvalue weighted by Gasteiger charge is 2.43. The summed E-state index contributed by atoms with van der Waals surface area (Å²) >= 11 is 3.47. The molecule has 2 heterocycles. The van der Waals surface area contributed by atoms with Crippen LogP contribution in [0.2, 0.25) is 0 Å². The van der Waals surface area contributed by atoms with Gasteiger partial charge in [0, 0.05) is 23.5 Å². The van der Waals surface area contributed by atoms with Crippen molar-refractivity contribution in [3.8, 4) is 0 Å². The number of carbonyl (C=O) groups is 2. The Bertz CT molecular complexity index is 754. The number of benzene rings is 1. The van der Waals surface area contributed by atoms with Crippen molar-refractivity contribution in [3.05, 3.63) is 45.6 Å². The molecule has 1 unspecified atom stereocenters. The number of aliphatic hydroxyl groups excluding tert-OH is 1. The van der Waals surface area contributed by atoms with Crippen LogP contribution in [-0.2, 0) is 9.59 Å². The lowest BCUT2D eigenvalue weighted by Crippen LogP contribution is -2.40. The maximum atomic E-state index is 12.8. The zero-order valence-electron chi connectivity index (χ0n) is 15.9. The second kappa shape index (κ2) is 8.57. The van der Waals surface area contributed by atoms with Crippen molar-refractivity contribution < 1.29 is 14.7 Å². The average Bonchev–Trinajstić information content (AvgIpc) is 2.91. The van der Waals surface area contributed by atoms with Gasteiger partial charge in [0.2, 0.25) is 0 Å². The number of rotatable bonds is 6. The van der Waals surface area contributed by atoms with Crippen molar-refractivity contribution in [2.45, 2.75) is 39.2 Å². The SMILES string of the molecule is CC(C)C(=O)C1=C(O)C(=O)N(CCN2CCCCC2)C1c1cccc(Br)c1. The van der Waals surface area contributed by atoms with Crippen LogP contribution in [0, 0.1) is 5.92 Å². The minimum Gasteiger partial charge on any atom is -0.503 e. The van der Waals surface area contributed by atoms with Crippen molar-refractivity contribution in [2.75, 3.05) is 26.2 Å². The zero-order valence-corrected chi connectivity index (χ0v) is 17.5. The van der Waals surface area contributed by atoms with Gasteiger partial charge in [-0.3, -0.25) is 9.59 Å². The lowest BCUT2D eigenvalue weighted by atomic mass is 9.91. The van der Waals surface area contributed by atoms with Gasteiger partial charge in [-0.2, -0.15) is 0 Å². The summed E-state index contributed by atoms with van der Waals surface area (Å²) in [6, 6.07) is 7.08. The van der Waals surface area contributed by atoms with Crippen LogP contribution in [0.1, 0.15) is 44.7 Å². The van der Waals surface area contributed by atoms with E-state index in [1.807, 2.05) is 24.3 Å². The Morgan fingerprint density at radius 2 is 1.93 bits per heavy atom. The van der Waals surface area contributed by atoms with Gasteiger partial charge in [-0.05, 0) is 43.6 Å². The zero-order chi connectivity index (χ0) is 19.6. The first-order valence-corrected chi connectivity index (χ1v) is 10.5. The van der Waals surface area contributed by atoms with Gasteiger partial charge in [0.1, 0.15) is 0 Å². The number of halogens is 1. The Balaban J connectivity index is 1.91. The lowest BCUT2D eigenvalue weighted by Gasteiger charge is -2.32. The summed E-state index contributed by atoms with van der Waals surface area (Å²) in [6.07, 6.45) is 3.63. The van der Waals surface area contributed by atoms with Gasteiger partial charge in [0.15, 0.2) is 11.5 Å². The van der Waals surface area contributed by atoms with Crippen molar-refractivity contribution in [1.82, 2.24) is 9.80 Å². The van der Waals surface area contributed by atoms with E-state index in [2.05, 4.69) is 20.8 Å². The molecule has 146 valence electrons. The number of amides is 1. The smallest absolute Gasteiger partial charge is 0.290 e. The molecule has 0 spiro atoms. The molecule has 0 saturated carbocycles. The van der Waals surface area contributed by atoms with Crippen LogP contribution in [0.4, 0.5) is 0 Å². The van der Waals surface area contributed by atoms with Crippen molar-refractivity contribution >= 4 is 27.6 Å². The van der Waals surface area contributed by atoms with Gasteiger partial charge in [-0.25, -0.2) is 0 Å². The predicted octanol–water partition coefficient (Wildman–Crippen LogP) is 3.86.